The Kier molecular flexibility index (Phi) is 4.74. The highest BCUT2D eigenvalue weighted by molar-refractivity contribution is 7.80. The van der Waals surface area contributed by atoms with Crippen LogP contribution in [0.3, 0.4) is 0 Å². The van der Waals surface area contributed by atoms with Crippen molar-refractivity contribution in [3.63, 3.8) is 0 Å². The molecule has 0 fully saturated rings. The smallest absolute Gasteiger partial charge is 0.127 e. The van der Waals surface area contributed by atoms with Crippen molar-refractivity contribution in [3.05, 3.63) is 60.2 Å². The minimum Gasteiger partial charge on any atom is -0.457 e. The van der Waals surface area contributed by atoms with E-state index in [1.807, 2.05) is 42.5 Å². The van der Waals surface area contributed by atoms with Crippen LogP contribution in [0.2, 0.25) is 0 Å². The highest BCUT2D eigenvalue weighted by Crippen LogP contribution is 2.27. The summed E-state index contributed by atoms with van der Waals surface area (Å²) in [5, 5.41) is 0. The van der Waals surface area contributed by atoms with Crippen molar-refractivity contribution < 1.29 is 4.74 Å². The van der Waals surface area contributed by atoms with Gasteiger partial charge in [-0.25, -0.2) is 0 Å². The summed E-state index contributed by atoms with van der Waals surface area (Å²) < 4.78 is 5.77. The summed E-state index contributed by atoms with van der Waals surface area (Å²) in [6.07, 6.45) is 0. The number of rotatable bonds is 5. The highest BCUT2D eigenvalue weighted by Gasteiger charge is 2.16. The molecule has 2 nitrogen and oxygen atoms in total. The maximum atomic E-state index is 5.77. The highest BCUT2D eigenvalue weighted by atomic mass is 32.1. The molecule has 2 aromatic rings. The van der Waals surface area contributed by atoms with Gasteiger partial charge < -0.3 is 10.5 Å². The number of hydrogen-bond donors (Lipinski definition) is 1. The number of para-hydroxylation sites is 1. The summed E-state index contributed by atoms with van der Waals surface area (Å²) in [7, 11) is 0. The van der Waals surface area contributed by atoms with Gasteiger partial charge in [0.1, 0.15) is 11.5 Å². The second-order valence-corrected chi connectivity index (χ2v) is 5.44. The molecule has 0 heterocycles. The Bertz CT molecular complexity index is 565. The van der Waals surface area contributed by atoms with Crippen molar-refractivity contribution in [2.75, 3.05) is 0 Å². The predicted molar refractivity (Wildman–Crippen MR) is 87.3 cm³/mol. The van der Waals surface area contributed by atoms with E-state index in [2.05, 4.69) is 26.0 Å². The number of thiocarbonyl (C=S) groups is 1. The van der Waals surface area contributed by atoms with Gasteiger partial charge in [0, 0.05) is 5.92 Å². The second-order valence-electron chi connectivity index (χ2n) is 4.96. The van der Waals surface area contributed by atoms with Crippen LogP contribution in [0.4, 0.5) is 0 Å². The van der Waals surface area contributed by atoms with Gasteiger partial charge in [-0.05, 0) is 35.7 Å². The Balaban J connectivity index is 2.08. The fourth-order valence-electron chi connectivity index (χ4n) is 2.00. The van der Waals surface area contributed by atoms with E-state index in [0.717, 1.165) is 11.5 Å². The maximum Gasteiger partial charge on any atom is 0.127 e. The molecule has 0 aromatic heterocycles. The van der Waals surface area contributed by atoms with Gasteiger partial charge in [-0.2, -0.15) is 0 Å². The Hall–Kier alpha value is -1.87. The van der Waals surface area contributed by atoms with Gasteiger partial charge in [-0.15, -0.1) is 0 Å². The van der Waals surface area contributed by atoms with Crippen LogP contribution in [0.1, 0.15) is 25.3 Å². The summed E-state index contributed by atoms with van der Waals surface area (Å²) in [5.41, 5.74) is 6.93. The fourth-order valence-corrected chi connectivity index (χ4v) is 2.20. The largest absolute Gasteiger partial charge is 0.457 e. The SMILES string of the molecule is CC(C(N)=S)C(C)c1ccc(Oc2ccccc2)cc1. The molecule has 0 amide bonds. The molecular formula is C17H19NOS. The van der Waals surface area contributed by atoms with Crippen molar-refractivity contribution in [1.82, 2.24) is 0 Å². The molecule has 2 aromatic carbocycles. The Morgan fingerprint density at radius 3 is 2.05 bits per heavy atom. The van der Waals surface area contributed by atoms with Gasteiger partial charge in [0.05, 0.1) is 4.99 Å². The minimum atomic E-state index is 0.186. The third kappa shape index (κ3) is 3.58. The molecule has 0 radical (unpaired) electrons. The van der Waals surface area contributed by atoms with E-state index in [9.17, 15) is 0 Å². The first-order valence-corrected chi connectivity index (χ1v) is 7.11. The van der Waals surface area contributed by atoms with Crippen LogP contribution in [0.25, 0.3) is 0 Å². The second kappa shape index (κ2) is 6.53. The monoisotopic (exact) mass is 285 g/mol. The summed E-state index contributed by atoms with van der Waals surface area (Å²) in [5.74, 6) is 2.16. The van der Waals surface area contributed by atoms with Crippen molar-refractivity contribution in [1.29, 1.82) is 0 Å². The van der Waals surface area contributed by atoms with E-state index in [0.29, 0.717) is 10.9 Å². The zero-order chi connectivity index (χ0) is 14.5. The molecule has 0 aliphatic heterocycles. The van der Waals surface area contributed by atoms with Crippen molar-refractivity contribution >= 4 is 17.2 Å². The van der Waals surface area contributed by atoms with Crippen LogP contribution >= 0.6 is 12.2 Å². The summed E-state index contributed by atoms with van der Waals surface area (Å²) in [6, 6.07) is 17.8. The van der Waals surface area contributed by atoms with Gasteiger partial charge in [0.2, 0.25) is 0 Å². The Labute approximate surface area is 125 Å². The van der Waals surface area contributed by atoms with Gasteiger partial charge in [0.15, 0.2) is 0 Å². The summed E-state index contributed by atoms with van der Waals surface area (Å²) in [4.78, 5) is 0.558. The predicted octanol–water partition coefficient (Wildman–Crippen LogP) is 4.50. The van der Waals surface area contributed by atoms with E-state index in [-0.39, 0.29) is 5.92 Å². The quantitative estimate of drug-likeness (QED) is 0.821. The minimum absolute atomic E-state index is 0.186. The standard InChI is InChI=1S/C17H19NOS/c1-12(13(2)17(18)20)14-8-10-16(11-9-14)19-15-6-4-3-5-7-15/h3-13H,1-2H3,(H2,18,20). The molecule has 2 rings (SSSR count). The molecule has 104 valence electrons. The molecule has 3 heteroatoms. The lowest BCUT2D eigenvalue weighted by molar-refractivity contribution is 0.482. The first kappa shape index (κ1) is 14.5. The number of benzene rings is 2. The Morgan fingerprint density at radius 1 is 0.950 bits per heavy atom. The maximum absolute atomic E-state index is 5.77. The average Bonchev–Trinajstić information content (AvgIpc) is 2.47. The van der Waals surface area contributed by atoms with Crippen LogP contribution < -0.4 is 10.5 Å². The van der Waals surface area contributed by atoms with Gasteiger partial charge >= 0.3 is 0 Å². The molecule has 0 aliphatic carbocycles. The van der Waals surface area contributed by atoms with Crippen molar-refractivity contribution in [3.8, 4) is 11.5 Å². The topological polar surface area (TPSA) is 35.2 Å². The Morgan fingerprint density at radius 2 is 1.50 bits per heavy atom. The molecule has 2 unspecified atom stereocenters. The van der Waals surface area contributed by atoms with E-state index < -0.39 is 0 Å². The van der Waals surface area contributed by atoms with E-state index >= 15 is 0 Å². The lowest BCUT2D eigenvalue weighted by Gasteiger charge is -2.19. The van der Waals surface area contributed by atoms with Gasteiger partial charge in [-0.1, -0.05) is 56.4 Å². The normalized spacial score (nSPS) is 13.5. The zero-order valence-corrected chi connectivity index (χ0v) is 12.6. The van der Waals surface area contributed by atoms with Crippen molar-refractivity contribution in [2.45, 2.75) is 19.8 Å². The lowest BCUT2D eigenvalue weighted by atomic mass is 9.89. The van der Waals surface area contributed by atoms with E-state index in [4.69, 9.17) is 22.7 Å². The molecule has 0 saturated carbocycles. The molecule has 0 spiro atoms. The summed E-state index contributed by atoms with van der Waals surface area (Å²) >= 11 is 5.06. The van der Waals surface area contributed by atoms with Crippen molar-refractivity contribution in [2.24, 2.45) is 11.7 Å². The number of hydrogen-bond acceptors (Lipinski definition) is 2. The van der Waals surface area contributed by atoms with Gasteiger partial charge in [0.25, 0.3) is 0 Å². The first-order chi connectivity index (χ1) is 9.58. The van der Waals surface area contributed by atoms with Crippen LogP contribution in [-0.4, -0.2) is 4.99 Å². The third-order valence-corrected chi connectivity index (χ3v) is 3.96. The molecule has 20 heavy (non-hydrogen) atoms. The molecule has 2 atom stereocenters. The fraction of sp³-hybridized carbons (Fsp3) is 0.235. The number of ether oxygens (including phenoxy) is 1. The van der Waals surface area contributed by atoms with Crippen LogP contribution in [0.15, 0.2) is 54.6 Å². The average molecular weight is 285 g/mol. The molecule has 0 saturated heterocycles. The van der Waals surface area contributed by atoms with E-state index in [1.54, 1.807) is 0 Å². The zero-order valence-electron chi connectivity index (χ0n) is 11.7. The number of nitrogens with two attached hydrogens (primary N) is 1. The molecule has 2 N–H and O–H groups in total. The molecule has 0 bridgehead atoms. The van der Waals surface area contributed by atoms with Crippen LogP contribution in [-0.2, 0) is 0 Å². The molecule has 0 aliphatic rings. The van der Waals surface area contributed by atoms with E-state index in [1.165, 1.54) is 5.56 Å². The molecular weight excluding hydrogens is 266 g/mol. The lowest BCUT2D eigenvalue weighted by Crippen LogP contribution is -2.23. The van der Waals surface area contributed by atoms with Gasteiger partial charge in [-0.3, -0.25) is 0 Å². The first-order valence-electron chi connectivity index (χ1n) is 6.70. The third-order valence-electron chi connectivity index (χ3n) is 3.58. The summed E-state index contributed by atoms with van der Waals surface area (Å²) in [6.45, 7) is 4.19. The van der Waals surface area contributed by atoms with Crippen LogP contribution in [0, 0.1) is 5.92 Å². The van der Waals surface area contributed by atoms with Crippen LogP contribution in [0.5, 0.6) is 11.5 Å².